The van der Waals surface area contributed by atoms with E-state index >= 15 is 0 Å². The highest BCUT2D eigenvalue weighted by Gasteiger charge is 2.12. The van der Waals surface area contributed by atoms with Gasteiger partial charge in [0.05, 0.1) is 0 Å². The predicted octanol–water partition coefficient (Wildman–Crippen LogP) is 4.24. The SMILES string of the molecule is c1cc2cc(NCc3ccc4c(c3)OCO4)ccc2s1. The minimum absolute atomic E-state index is 0.320. The Morgan fingerprint density at radius 2 is 1.95 bits per heavy atom. The molecule has 0 spiro atoms. The van der Waals surface area contributed by atoms with Crippen molar-refractivity contribution >= 4 is 27.1 Å². The first-order chi connectivity index (χ1) is 9.88. The van der Waals surface area contributed by atoms with Crippen molar-refractivity contribution in [3.63, 3.8) is 0 Å². The molecule has 100 valence electrons. The Kier molecular flexibility index (Phi) is 2.74. The van der Waals surface area contributed by atoms with Crippen LogP contribution in [0.4, 0.5) is 5.69 Å². The number of fused-ring (bicyclic) bond motifs is 2. The van der Waals surface area contributed by atoms with Crippen molar-refractivity contribution in [2.24, 2.45) is 0 Å². The van der Waals surface area contributed by atoms with E-state index in [1.807, 2.05) is 12.1 Å². The van der Waals surface area contributed by atoms with Crippen molar-refractivity contribution in [3.05, 3.63) is 53.4 Å². The molecule has 0 aliphatic carbocycles. The zero-order valence-corrected chi connectivity index (χ0v) is 11.6. The van der Waals surface area contributed by atoms with Gasteiger partial charge in [0.2, 0.25) is 6.79 Å². The lowest BCUT2D eigenvalue weighted by atomic mass is 10.2. The zero-order chi connectivity index (χ0) is 13.4. The summed E-state index contributed by atoms with van der Waals surface area (Å²) >= 11 is 1.77. The lowest BCUT2D eigenvalue weighted by Crippen LogP contribution is -1.99. The van der Waals surface area contributed by atoms with Crippen LogP contribution in [0.3, 0.4) is 0 Å². The number of hydrogen-bond donors (Lipinski definition) is 1. The number of anilines is 1. The highest BCUT2D eigenvalue weighted by atomic mass is 32.1. The lowest BCUT2D eigenvalue weighted by Gasteiger charge is -2.07. The average Bonchev–Trinajstić information content (AvgIpc) is 3.12. The van der Waals surface area contributed by atoms with Crippen molar-refractivity contribution in [2.75, 3.05) is 12.1 Å². The first kappa shape index (κ1) is 11.6. The van der Waals surface area contributed by atoms with Crippen LogP contribution < -0.4 is 14.8 Å². The largest absolute Gasteiger partial charge is 0.454 e. The van der Waals surface area contributed by atoms with Gasteiger partial charge in [-0.15, -0.1) is 11.3 Å². The first-order valence-electron chi connectivity index (χ1n) is 6.48. The number of benzene rings is 2. The quantitative estimate of drug-likeness (QED) is 0.779. The van der Waals surface area contributed by atoms with Gasteiger partial charge in [-0.3, -0.25) is 0 Å². The second kappa shape index (κ2) is 4.72. The van der Waals surface area contributed by atoms with Gasteiger partial charge in [-0.2, -0.15) is 0 Å². The van der Waals surface area contributed by atoms with Gasteiger partial charge >= 0.3 is 0 Å². The molecule has 2 aromatic carbocycles. The van der Waals surface area contributed by atoms with Crippen molar-refractivity contribution in [1.82, 2.24) is 0 Å². The van der Waals surface area contributed by atoms with Gasteiger partial charge in [0.15, 0.2) is 11.5 Å². The topological polar surface area (TPSA) is 30.5 Å². The summed E-state index contributed by atoms with van der Waals surface area (Å²) < 4.78 is 12.0. The Labute approximate surface area is 120 Å². The summed E-state index contributed by atoms with van der Waals surface area (Å²) in [6.07, 6.45) is 0. The number of hydrogen-bond acceptors (Lipinski definition) is 4. The van der Waals surface area contributed by atoms with Gasteiger partial charge < -0.3 is 14.8 Å². The van der Waals surface area contributed by atoms with E-state index in [2.05, 4.69) is 41.0 Å². The van der Waals surface area contributed by atoms with E-state index in [0.717, 1.165) is 23.7 Å². The maximum atomic E-state index is 5.39. The zero-order valence-electron chi connectivity index (χ0n) is 10.8. The normalized spacial score (nSPS) is 12.8. The molecule has 1 aliphatic heterocycles. The van der Waals surface area contributed by atoms with Crippen LogP contribution in [0.15, 0.2) is 47.8 Å². The molecular formula is C16H13NO2S. The van der Waals surface area contributed by atoms with Crippen LogP contribution in [0.1, 0.15) is 5.56 Å². The number of thiophene rings is 1. The molecule has 0 amide bonds. The van der Waals surface area contributed by atoms with Gasteiger partial charge in [0.25, 0.3) is 0 Å². The molecule has 4 rings (SSSR count). The second-order valence-corrected chi connectivity index (χ2v) is 5.66. The summed E-state index contributed by atoms with van der Waals surface area (Å²) in [5, 5.41) is 6.84. The molecule has 1 aliphatic rings. The molecule has 0 saturated heterocycles. The first-order valence-corrected chi connectivity index (χ1v) is 7.36. The third-order valence-electron chi connectivity index (χ3n) is 3.39. The number of ether oxygens (including phenoxy) is 2. The van der Waals surface area contributed by atoms with Crippen LogP contribution >= 0.6 is 11.3 Å². The molecule has 0 bridgehead atoms. The van der Waals surface area contributed by atoms with E-state index in [0.29, 0.717) is 6.79 Å². The maximum absolute atomic E-state index is 5.39. The Bertz CT molecular complexity index is 766. The minimum atomic E-state index is 0.320. The highest BCUT2D eigenvalue weighted by molar-refractivity contribution is 7.17. The molecule has 20 heavy (non-hydrogen) atoms. The molecule has 0 fully saturated rings. The molecular weight excluding hydrogens is 270 g/mol. The number of nitrogens with one attached hydrogen (secondary N) is 1. The molecule has 0 atom stereocenters. The van der Waals surface area contributed by atoms with Gasteiger partial charge in [0, 0.05) is 16.9 Å². The fraction of sp³-hybridized carbons (Fsp3) is 0.125. The Morgan fingerprint density at radius 1 is 1.00 bits per heavy atom. The van der Waals surface area contributed by atoms with Gasteiger partial charge in [-0.1, -0.05) is 6.07 Å². The Balaban J connectivity index is 1.52. The summed E-state index contributed by atoms with van der Waals surface area (Å²) in [7, 11) is 0. The van der Waals surface area contributed by atoms with Crippen LogP contribution in [0.25, 0.3) is 10.1 Å². The van der Waals surface area contributed by atoms with Gasteiger partial charge in [0.1, 0.15) is 0 Å². The smallest absolute Gasteiger partial charge is 0.231 e. The molecule has 4 heteroatoms. The minimum Gasteiger partial charge on any atom is -0.454 e. The average molecular weight is 283 g/mol. The van der Waals surface area contributed by atoms with Crippen molar-refractivity contribution in [1.29, 1.82) is 0 Å². The second-order valence-electron chi connectivity index (χ2n) is 4.71. The van der Waals surface area contributed by atoms with E-state index in [9.17, 15) is 0 Å². The molecule has 2 heterocycles. The molecule has 0 unspecified atom stereocenters. The van der Waals surface area contributed by atoms with Crippen LogP contribution in [0.5, 0.6) is 11.5 Å². The monoisotopic (exact) mass is 283 g/mol. The number of rotatable bonds is 3. The molecule has 0 saturated carbocycles. The van der Waals surface area contributed by atoms with Crippen molar-refractivity contribution in [2.45, 2.75) is 6.54 Å². The van der Waals surface area contributed by atoms with Crippen molar-refractivity contribution in [3.8, 4) is 11.5 Å². The van der Waals surface area contributed by atoms with Crippen LogP contribution in [-0.4, -0.2) is 6.79 Å². The summed E-state index contributed by atoms with van der Waals surface area (Å²) in [5.41, 5.74) is 2.31. The maximum Gasteiger partial charge on any atom is 0.231 e. The third-order valence-corrected chi connectivity index (χ3v) is 4.28. The van der Waals surface area contributed by atoms with E-state index in [1.165, 1.54) is 15.6 Å². The predicted molar refractivity (Wildman–Crippen MR) is 81.7 cm³/mol. The molecule has 1 N–H and O–H groups in total. The summed E-state index contributed by atoms with van der Waals surface area (Å²) in [6, 6.07) is 14.6. The molecule has 3 nitrogen and oxygen atoms in total. The van der Waals surface area contributed by atoms with E-state index in [4.69, 9.17) is 9.47 Å². The summed E-state index contributed by atoms with van der Waals surface area (Å²) in [6.45, 7) is 1.09. The molecule has 1 aromatic heterocycles. The van der Waals surface area contributed by atoms with E-state index < -0.39 is 0 Å². The lowest BCUT2D eigenvalue weighted by molar-refractivity contribution is 0.174. The van der Waals surface area contributed by atoms with Gasteiger partial charge in [-0.05, 0) is 52.7 Å². The van der Waals surface area contributed by atoms with E-state index in [-0.39, 0.29) is 0 Å². The molecule has 0 radical (unpaired) electrons. The standard InChI is InChI=1S/C16H13NO2S/c1-3-14-15(19-10-18-14)7-11(1)9-17-13-2-4-16-12(8-13)5-6-20-16/h1-8,17H,9-10H2. The summed E-state index contributed by atoms with van der Waals surface area (Å²) in [4.78, 5) is 0. The Morgan fingerprint density at radius 3 is 2.95 bits per heavy atom. The van der Waals surface area contributed by atoms with E-state index in [1.54, 1.807) is 11.3 Å². The fourth-order valence-electron chi connectivity index (χ4n) is 2.33. The third kappa shape index (κ3) is 2.08. The Hall–Kier alpha value is -2.20. The fourth-order valence-corrected chi connectivity index (χ4v) is 3.10. The van der Waals surface area contributed by atoms with Gasteiger partial charge in [-0.25, -0.2) is 0 Å². The van der Waals surface area contributed by atoms with Crippen LogP contribution in [0.2, 0.25) is 0 Å². The van der Waals surface area contributed by atoms with Crippen molar-refractivity contribution < 1.29 is 9.47 Å². The highest BCUT2D eigenvalue weighted by Crippen LogP contribution is 2.32. The molecule has 3 aromatic rings. The van der Waals surface area contributed by atoms with Crippen LogP contribution in [0, 0.1) is 0 Å². The summed E-state index contributed by atoms with van der Waals surface area (Å²) in [5.74, 6) is 1.66. The van der Waals surface area contributed by atoms with Crippen LogP contribution in [-0.2, 0) is 6.54 Å².